The van der Waals surface area contributed by atoms with Gasteiger partial charge in [0.1, 0.15) is 11.2 Å². The second kappa shape index (κ2) is 9.09. The van der Waals surface area contributed by atoms with Crippen molar-refractivity contribution in [2.45, 2.75) is 12.8 Å². The molecule has 0 saturated carbocycles. The van der Waals surface area contributed by atoms with E-state index in [0.717, 1.165) is 51.6 Å². The van der Waals surface area contributed by atoms with Crippen LogP contribution in [-0.2, 0) is 6.42 Å². The van der Waals surface area contributed by atoms with E-state index in [4.69, 9.17) is 4.42 Å². The van der Waals surface area contributed by atoms with E-state index in [0.29, 0.717) is 0 Å². The number of hydrogen-bond donors (Lipinski definition) is 0. The Morgan fingerprint density at radius 1 is 0.571 bits per heavy atom. The zero-order chi connectivity index (χ0) is 27.6. The number of aryl methyl sites for hydroxylation is 1. The van der Waals surface area contributed by atoms with E-state index in [2.05, 4.69) is 144 Å². The lowest BCUT2D eigenvalue weighted by molar-refractivity contribution is 0.670. The van der Waals surface area contributed by atoms with Crippen molar-refractivity contribution in [3.8, 4) is 27.9 Å². The third-order valence-electron chi connectivity index (χ3n) is 8.87. The van der Waals surface area contributed by atoms with Gasteiger partial charge in [0.25, 0.3) is 0 Å². The lowest BCUT2D eigenvalue weighted by atomic mass is 9.94. The number of rotatable bonds is 3. The maximum absolute atomic E-state index is 6.60. The highest BCUT2D eigenvalue weighted by Gasteiger charge is 2.20. The van der Waals surface area contributed by atoms with Gasteiger partial charge in [0.2, 0.25) is 0 Å². The second-order valence-electron chi connectivity index (χ2n) is 11.2. The molecule has 0 amide bonds. The number of para-hydroxylation sites is 2. The molecule has 2 heteroatoms. The molecule has 8 aromatic rings. The zero-order valence-corrected chi connectivity index (χ0v) is 23.0. The number of nitrogens with zero attached hydrogens (tertiary/aromatic N) is 1. The molecule has 2 nitrogen and oxygen atoms in total. The highest BCUT2D eigenvalue weighted by atomic mass is 16.3. The van der Waals surface area contributed by atoms with E-state index in [1.165, 1.54) is 44.1 Å². The third kappa shape index (κ3) is 3.45. The summed E-state index contributed by atoms with van der Waals surface area (Å²) in [5.41, 5.74) is 11.7. The molecule has 0 aliphatic heterocycles. The van der Waals surface area contributed by atoms with E-state index < -0.39 is 0 Å². The van der Waals surface area contributed by atoms with E-state index in [1.54, 1.807) is 0 Å². The van der Waals surface area contributed by atoms with E-state index in [-0.39, 0.29) is 0 Å². The molecule has 2 aromatic heterocycles. The van der Waals surface area contributed by atoms with Crippen LogP contribution < -0.4 is 0 Å². The Kier molecular flexibility index (Phi) is 5.06. The predicted octanol–water partition coefficient (Wildman–Crippen LogP) is 11.0. The quantitative estimate of drug-likeness (QED) is 0.219. The van der Waals surface area contributed by atoms with Gasteiger partial charge < -0.3 is 8.98 Å². The molecule has 0 fully saturated rings. The molecule has 0 unspecified atom stereocenters. The monoisotopic (exact) mass is 537 g/mol. The SMILES string of the molecule is C1=Cc2c(c3ccccc3n2-c2ccc3oc4c(-c5cccc(-c6cccc7ccccc67)c5)cccc4c3c2)CC1. The van der Waals surface area contributed by atoms with Crippen LogP contribution in [0.15, 0.2) is 138 Å². The summed E-state index contributed by atoms with van der Waals surface area (Å²) in [6, 6.07) is 45.9. The molecule has 0 radical (unpaired) electrons. The molecule has 0 N–H and O–H groups in total. The van der Waals surface area contributed by atoms with Crippen molar-refractivity contribution in [3.63, 3.8) is 0 Å². The highest BCUT2D eigenvalue weighted by molar-refractivity contribution is 6.10. The van der Waals surface area contributed by atoms with Gasteiger partial charge in [0.15, 0.2) is 0 Å². The van der Waals surface area contributed by atoms with Crippen molar-refractivity contribution in [2.24, 2.45) is 0 Å². The molecule has 0 bridgehead atoms. The number of fused-ring (bicyclic) bond motifs is 7. The van der Waals surface area contributed by atoms with Gasteiger partial charge in [-0.3, -0.25) is 0 Å². The standard InChI is InChI=1S/C40H27NO/c1-2-14-30-26(10-1)11-8-17-31(30)27-12-7-13-28(24-27)32-18-9-19-35-36-25-29(22-23-39(36)42-40(32)35)41-37-20-5-3-15-33(37)34-16-4-6-21-38(34)41/h1-3,5-15,17-25H,4,16H2. The minimum Gasteiger partial charge on any atom is -0.455 e. The van der Waals surface area contributed by atoms with Crippen molar-refractivity contribution in [3.05, 3.63) is 145 Å². The van der Waals surface area contributed by atoms with Gasteiger partial charge in [-0.25, -0.2) is 0 Å². The van der Waals surface area contributed by atoms with Crippen LogP contribution in [0.4, 0.5) is 0 Å². The van der Waals surface area contributed by atoms with Crippen molar-refractivity contribution in [2.75, 3.05) is 0 Å². The average molecular weight is 538 g/mol. The summed E-state index contributed by atoms with van der Waals surface area (Å²) < 4.78 is 9.02. The Morgan fingerprint density at radius 2 is 1.31 bits per heavy atom. The first-order chi connectivity index (χ1) is 20.8. The molecule has 0 saturated heterocycles. The fraction of sp³-hybridized carbons (Fsp3) is 0.0500. The van der Waals surface area contributed by atoms with Crippen LogP contribution >= 0.6 is 0 Å². The van der Waals surface area contributed by atoms with E-state index >= 15 is 0 Å². The molecule has 2 heterocycles. The van der Waals surface area contributed by atoms with E-state index in [9.17, 15) is 0 Å². The minimum atomic E-state index is 0.910. The lowest BCUT2D eigenvalue weighted by Crippen LogP contribution is -2.00. The van der Waals surface area contributed by atoms with Gasteiger partial charge in [-0.15, -0.1) is 0 Å². The normalized spacial score (nSPS) is 13.0. The lowest BCUT2D eigenvalue weighted by Gasteiger charge is -2.12. The average Bonchev–Trinajstić information content (AvgIpc) is 3.60. The molecular formula is C40H27NO. The van der Waals surface area contributed by atoms with Gasteiger partial charge in [-0.05, 0) is 82.3 Å². The number of allylic oxidation sites excluding steroid dienone is 1. The Morgan fingerprint density at radius 3 is 2.26 bits per heavy atom. The molecule has 42 heavy (non-hydrogen) atoms. The number of benzene rings is 6. The fourth-order valence-corrected chi connectivity index (χ4v) is 6.95. The summed E-state index contributed by atoms with van der Waals surface area (Å²) in [6.07, 6.45) is 6.76. The van der Waals surface area contributed by atoms with Crippen LogP contribution in [0.1, 0.15) is 17.7 Å². The number of aromatic nitrogens is 1. The van der Waals surface area contributed by atoms with Crippen LogP contribution in [0.3, 0.4) is 0 Å². The highest BCUT2D eigenvalue weighted by Crippen LogP contribution is 2.40. The van der Waals surface area contributed by atoms with Gasteiger partial charge in [-0.2, -0.15) is 0 Å². The Hall–Kier alpha value is -5.34. The van der Waals surface area contributed by atoms with E-state index in [1.807, 2.05) is 0 Å². The summed E-state index contributed by atoms with van der Waals surface area (Å²) >= 11 is 0. The van der Waals surface area contributed by atoms with Crippen LogP contribution in [0.5, 0.6) is 0 Å². The summed E-state index contributed by atoms with van der Waals surface area (Å²) in [5.74, 6) is 0. The van der Waals surface area contributed by atoms with Gasteiger partial charge in [-0.1, -0.05) is 103 Å². The second-order valence-corrected chi connectivity index (χ2v) is 11.2. The molecule has 0 atom stereocenters. The Bertz CT molecular complexity index is 2360. The van der Waals surface area contributed by atoms with Crippen molar-refractivity contribution in [1.82, 2.24) is 4.57 Å². The summed E-state index contributed by atoms with van der Waals surface area (Å²) in [7, 11) is 0. The third-order valence-corrected chi connectivity index (χ3v) is 8.87. The summed E-state index contributed by atoms with van der Waals surface area (Å²) in [4.78, 5) is 0. The molecule has 0 spiro atoms. The van der Waals surface area contributed by atoms with Crippen LogP contribution in [0.2, 0.25) is 0 Å². The Balaban J connectivity index is 1.22. The molecule has 1 aliphatic carbocycles. The van der Waals surface area contributed by atoms with Gasteiger partial charge >= 0.3 is 0 Å². The van der Waals surface area contributed by atoms with Crippen molar-refractivity contribution >= 4 is 49.7 Å². The summed E-state index contributed by atoms with van der Waals surface area (Å²) in [6.45, 7) is 0. The zero-order valence-electron chi connectivity index (χ0n) is 23.0. The predicted molar refractivity (Wildman–Crippen MR) is 176 cm³/mol. The first-order valence-corrected chi connectivity index (χ1v) is 14.7. The first kappa shape index (κ1) is 23.4. The maximum atomic E-state index is 6.60. The first-order valence-electron chi connectivity index (χ1n) is 14.7. The topological polar surface area (TPSA) is 18.1 Å². The minimum absolute atomic E-state index is 0.910. The molecule has 198 valence electrons. The Labute approximate surface area is 243 Å². The summed E-state index contributed by atoms with van der Waals surface area (Å²) in [5, 5.41) is 6.15. The molecule has 6 aromatic carbocycles. The maximum Gasteiger partial charge on any atom is 0.143 e. The smallest absolute Gasteiger partial charge is 0.143 e. The molecule has 9 rings (SSSR count). The molecular weight excluding hydrogens is 510 g/mol. The van der Waals surface area contributed by atoms with Gasteiger partial charge in [0, 0.05) is 33.1 Å². The van der Waals surface area contributed by atoms with Crippen LogP contribution in [0, 0.1) is 0 Å². The number of hydrogen-bond acceptors (Lipinski definition) is 1. The van der Waals surface area contributed by atoms with Crippen LogP contribution in [0.25, 0.3) is 77.6 Å². The molecule has 1 aliphatic rings. The van der Waals surface area contributed by atoms with Crippen molar-refractivity contribution in [1.29, 1.82) is 0 Å². The van der Waals surface area contributed by atoms with Crippen molar-refractivity contribution < 1.29 is 4.42 Å². The van der Waals surface area contributed by atoms with Crippen LogP contribution in [-0.4, -0.2) is 4.57 Å². The largest absolute Gasteiger partial charge is 0.455 e. The van der Waals surface area contributed by atoms with Gasteiger partial charge in [0.05, 0.1) is 5.52 Å². The number of furan rings is 1. The fourth-order valence-electron chi connectivity index (χ4n) is 6.95.